The lowest BCUT2D eigenvalue weighted by molar-refractivity contribution is 0.213. The number of nitrogens with zero attached hydrogens (tertiary/aromatic N) is 3. The minimum absolute atomic E-state index is 0.662. The van der Waals surface area contributed by atoms with E-state index in [0.717, 1.165) is 23.8 Å². The highest BCUT2D eigenvalue weighted by Gasteiger charge is 2.23. The van der Waals surface area contributed by atoms with Gasteiger partial charge in [-0.3, -0.25) is 0 Å². The Morgan fingerprint density at radius 3 is 2.46 bits per heavy atom. The van der Waals surface area contributed by atoms with Gasteiger partial charge in [-0.1, -0.05) is 41.6 Å². The molecule has 24 heavy (non-hydrogen) atoms. The highest BCUT2D eigenvalue weighted by Crippen LogP contribution is 2.31. The van der Waals surface area contributed by atoms with E-state index in [1.807, 2.05) is 30.4 Å². The molecule has 1 saturated carbocycles. The van der Waals surface area contributed by atoms with Gasteiger partial charge >= 0.3 is 0 Å². The fourth-order valence-electron chi connectivity index (χ4n) is 3.54. The quantitative estimate of drug-likeness (QED) is 0.800. The Morgan fingerprint density at radius 2 is 1.75 bits per heavy atom. The molecule has 1 aromatic carbocycles. The van der Waals surface area contributed by atoms with E-state index in [4.69, 9.17) is 4.52 Å². The molecule has 2 aromatic rings. The van der Waals surface area contributed by atoms with Gasteiger partial charge in [0.1, 0.15) is 0 Å². The summed E-state index contributed by atoms with van der Waals surface area (Å²) in [6, 6.07) is 10.2. The lowest BCUT2D eigenvalue weighted by Crippen LogP contribution is -2.26. The number of benzene rings is 1. The average molecular weight is 325 g/mol. The van der Waals surface area contributed by atoms with E-state index >= 15 is 0 Å². The monoisotopic (exact) mass is 325 g/mol. The average Bonchev–Trinajstić information content (AvgIpc) is 3.03. The summed E-state index contributed by atoms with van der Waals surface area (Å²) in [4.78, 5) is 6.81. The lowest BCUT2D eigenvalue weighted by atomic mass is 9.80. The smallest absolute Gasteiger partial charge is 0.227 e. The lowest BCUT2D eigenvalue weighted by Gasteiger charge is -2.29. The number of rotatable bonds is 6. The van der Waals surface area contributed by atoms with E-state index in [1.165, 1.54) is 32.2 Å². The molecule has 1 aromatic heterocycles. The van der Waals surface area contributed by atoms with Crippen molar-refractivity contribution in [1.82, 2.24) is 15.0 Å². The SMILES string of the molecule is CN(C)CC1CCC(Cc2nc(C=Cc3ccccc3)no2)CC1. The first-order valence-corrected chi connectivity index (χ1v) is 8.89. The maximum Gasteiger partial charge on any atom is 0.227 e. The fraction of sp³-hybridized carbons (Fsp3) is 0.500. The van der Waals surface area contributed by atoms with Crippen molar-refractivity contribution in [3.63, 3.8) is 0 Å². The molecule has 1 fully saturated rings. The zero-order chi connectivity index (χ0) is 16.8. The molecule has 0 radical (unpaired) electrons. The molecule has 0 aliphatic heterocycles. The molecule has 1 aliphatic carbocycles. The van der Waals surface area contributed by atoms with E-state index in [2.05, 4.69) is 41.3 Å². The summed E-state index contributed by atoms with van der Waals surface area (Å²) in [5, 5.41) is 4.07. The van der Waals surface area contributed by atoms with Crippen LogP contribution in [-0.2, 0) is 6.42 Å². The second-order valence-corrected chi connectivity index (χ2v) is 7.14. The van der Waals surface area contributed by atoms with Gasteiger partial charge in [0.25, 0.3) is 0 Å². The Balaban J connectivity index is 1.49. The number of hydrogen-bond acceptors (Lipinski definition) is 4. The number of hydrogen-bond donors (Lipinski definition) is 0. The van der Waals surface area contributed by atoms with Crippen LogP contribution in [-0.4, -0.2) is 35.7 Å². The topological polar surface area (TPSA) is 42.2 Å². The van der Waals surface area contributed by atoms with Crippen LogP contribution >= 0.6 is 0 Å². The molecular formula is C20H27N3O. The Labute approximate surface area is 144 Å². The summed E-state index contributed by atoms with van der Waals surface area (Å²) < 4.78 is 5.43. The number of aromatic nitrogens is 2. The Morgan fingerprint density at radius 1 is 1.04 bits per heavy atom. The highest BCUT2D eigenvalue weighted by molar-refractivity contribution is 5.66. The van der Waals surface area contributed by atoms with Gasteiger partial charge in [0.05, 0.1) is 0 Å². The van der Waals surface area contributed by atoms with E-state index in [-0.39, 0.29) is 0 Å². The van der Waals surface area contributed by atoms with Crippen LogP contribution in [0.15, 0.2) is 34.9 Å². The first-order valence-electron chi connectivity index (χ1n) is 8.89. The summed E-state index contributed by atoms with van der Waals surface area (Å²) in [7, 11) is 4.32. The molecule has 0 bridgehead atoms. The predicted octanol–water partition coefficient (Wildman–Crippen LogP) is 4.15. The summed E-state index contributed by atoms with van der Waals surface area (Å²) in [5.74, 6) is 2.98. The molecule has 0 saturated heterocycles. The maximum atomic E-state index is 5.43. The van der Waals surface area contributed by atoms with Crippen LogP contribution in [0.4, 0.5) is 0 Å². The molecule has 0 spiro atoms. The molecule has 0 atom stereocenters. The third-order valence-corrected chi connectivity index (χ3v) is 4.76. The van der Waals surface area contributed by atoms with Gasteiger partial charge in [0.2, 0.25) is 5.89 Å². The molecule has 4 heteroatoms. The van der Waals surface area contributed by atoms with Crippen LogP contribution in [0.5, 0.6) is 0 Å². The molecule has 1 heterocycles. The van der Waals surface area contributed by atoms with Crippen LogP contribution in [0.25, 0.3) is 12.2 Å². The molecule has 0 N–H and O–H groups in total. The van der Waals surface area contributed by atoms with Gasteiger partial charge in [-0.15, -0.1) is 0 Å². The van der Waals surface area contributed by atoms with Crippen molar-refractivity contribution in [2.75, 3.05) is 20.6 Å². The maximum absolute atomic E-state index is 5.43. The van der Waals surface area contributed by atoms with Crippen LogP contribution in [0.2, 0.25) is 0 Å². The molecule has 1 aliphatic rings. The zero-order valence-corrected chi connectivity index (χ0v) is 14.7. The molecule has 128 valence electrons. The van der Waals surface area contributed by atoms with E-state index < -0.39 is 0 Å². The fourth-order valence-corrected chi connectivity index (χ4v) is 3.54. The minimum atomic E-state index is 0.662. The van der Waals surface area contributed by atoms with Gasteiger partial charge in [-0.25, -0.2) is 0 Å². The van der Waals surface area contributed by atoms with Crippen LogP contribution in [0, 0.1) is 11.8 Å². The van der Waals surface area contributed by atoms with Gasteiger partial charge < -0.3 is 9.42 Å². The van der Waals surface area contributed by atoms with Gasteiger partial charge in [0.15, 0.2) is 5.82 Å². The van der Waals surface area contributed by atoms with Crippen LogP contribution in [0.1, 0.15) is 43.0 Å². The summed E-state index contributed by atoms with van der Waals surface area (Å²) in [6.45, 7) is 1.21. The Bertz CT molecular complexity index is 640. The van der Waals surface area contributed by atoms with E-state index in [0.29, 0.717) is 11.7 Å². The van der Waals surface area contributed by atoms with Crippen molar-refractivity contribution >= 4 is 12.2 Å². The minimum Gasteiger partial charge on any atom is -0.339 e. The second kappa shape index (κ2) is 8.25. The highest BCUT2D eigenvalue weighted by atomic mass is 16.5. The summed E-state index contributed by atoms with van der Waals surface area (Å²) in [5.41, 5.74) is 1.14. The first kappa shape index (κ1) is 16.9. The van der Waals surface area contributed by atoms with Crippen molar-refractivity contribution in [3.8, 4) is 0 Å². The molecule has 3 rings (SSSR count). The predicted molar refractivity (Wildman–Crippen MR) is 97.4 cm³/mol. The van der Waals surface area contributed by atoms with Gasteiger partial charge in [0, 0.05) is 13.0 Å². The van der Waals surface area contributed by atoms with E-state index in [1.54, 1.807) is 0 Å². The standard InChI is InChI=1S/C20H27N3O/c1-23(2)15-18-10-8-17(9-11-18)14-20-21-19(22-24-20)13-12-16-6-4-3-5-7-16/h3-7,12-13,17-18H,8-11,14-15H2,1-2H3. The molecule has 0 amide bonds. The van der Waals surface area contributed by atoms with Crippen molar-refractivity contribution in [1.29, 1.82) is 0 Å². The summed E-state index contributed by atoms with van der Waals surface area (Å²) in [6.07, 6.45) is 10.0. The molecule has 4 nitrogen and oxygen atoms in total. The second-order valence-electron chi connectivity index (χ2n) is 7.14. The molecule has 0 unspecified atom stereocenters. The van der Waals surface area contributed by atoms with Crippen LogP contribution in [0.3, 0.4) is 0 Å². The Hall–Kier alpha value is -1.94. The normalized spacial score (nSPS) is 21.6. The first-order chi connectivity index (χ1) is 11.7. The third kappa shape index (κ3) is 5.03. The zero-order valence-electron chi connectivity index (χ0n) is 14.7. The van der Waals surface area contributed by atoms with E-state index in [9.17, 15) is 0 Å². The van der Waals surface area contributed by atoms with Gasteiger partial charge in [-0.05, 0) is 63.3 Å². The summed E-state index contributed by atoms with van der Waals surface area (Å²) >= 11 is 0. The van der Waals surface area contributed by atoms with Crippen molar-refractivity contribution in [3.05, 3.63) is 47.6 Å². The van der Waals surface area contributed by atoms with Crippen molar-refractivity contribution in [2.24, 2.45) is 11.8 Å². The van der Waals surface area contributed by atoms with Crippen LogP contribution < -0.4 is 0 Å². The Kier molecular flexibility index (Phi) is 5.81. The molecular weight excluding hydrogens is 298 g/mol. The van der Waals surface area contributed by atoms with Gasteiger partial charge in [-0.2, -0.15) is 4.98 Å². The van der Waals surface area contributed by atoms with Crippen molar-refractivity contribution in [2.45, 2.75) is 32.1 Å². The van der Waals surface area contributed by atoms with Crippen molar-refractivity contribution < 1.29 is 4.52 Å². The third-order valence-electron chi connectivity index (χ3n) is 4.76. The largest absolute Gasteiger partial charge is 0.339 e.